The summed E-state index contributed by atoms with van der Waals surface area (Å²) in [7, 11) is 0. The molecule has 1 heterocycles. The molecule has 9 heteroatoms. The summed E-state index contributed by atoms with van der Waals surface area (Å²) in [5.41, 5.74) is 5.15. The van der Waals surface area contributed by atoms with Crippen LogP contribution >= 0.6 is 0 Å². The number of aryl methyl sites for hydroxylation is 3. The second-order valence-electron chi connectivity index (χ2n) is 9.33. The van der Waals surface area contributed by atoms with Gasteiger partial charge in [-0.3, -0.25) is 14.5 Å². The summed E-state index contributed by atoms with van der Waals surface area (Å²) in [6.45, 7) is 7.73. The van der Waals surface area contributed by atoms with Gasteiger partial charge in [0.05, 0.1) is 0 Å². The summed E-state index contributed by atoms with van der Waals surface area (Å²) in [5.74, 6) is -0.570. The zero-order chi connectivity index (χ0) is 27.2. The zero-order valence-corrected chi connectivity index (χ0v) is 22.0. The van der Waals surface area contributed by atoms with Crippen molar-refractivity contribution >= 4 is 17.5 Å². The van der Waals surface area contributed by atoms with Crippen LogP contribution in [0.2, 0.25) is 0 Å². The average molecular weight is 515 g/mol. The highest BCUT2D eigenvalue weighted by atomic mass is 19.1. The molecule has 0 bridgehead atoms. The molecule has 1 atom stereocenters. The van der Waals surface area contributed by atoms with Crippen molar-refractivity contribution in [1.29, 1.82) is 0 Å². The van der Waals surface area contributed by atoms with Crippen molar-refractivity contribution in [1.82, 2.24) is 25.5 Å². The molecule has 196 valence electrons. The predicted octanol–water partition coefficient (Wildman–Crippen LogP) is 4.53. The molecule has 0 aliphatic heterocycles. The Morgan fingerprint density at radius 2 is 1.66 bits per heavy atom. The lowest BCUT2D eigenvalue weighted by atomic mass is 10.1. The number of hydrogen-bond acceptors (Lipinski definition) is 5. The van der Waals surface area contributed by atoms with Crippen molar-refractivity contribution < 1.29 is 14.0 Å². The van der Waals surface area contributed by atoms with Gasteiger partial charge in [0.1, 0.15) is 18.4 Å². The van der Waals surface area contributed by atoms with Gasteiger partial charge in [0.25, 0.3) is 5.91 Å². The lowest BCUT2D eigenvalue weighted by Crippen LogP contribution is -2.51. The molecule has 0 saturated carbocycles. The highest BCUT2D eigenvalue weighted by Crippen LogP contribution is 2.26. The average Bonchev–Trinajstić information content (AvgIpc) is 3.37. The number of carbonyl (C=O) groups excluding carboxylic acids is 2. The predicted molar refractivity (Wildman–Crippen MR) is 144 cm³/mol. The molecule has 0 saturated heterocycles. The van der Waals surface area contributed by atoms with Crippen LogP contribution in [0.15, 0.2) is 66.7 Å². The Kier molecular flexibility index (Phi) is 8.25. The molecule has 0 unspecified atom stereocenters. The van der Waals surface area contributed by atoms with Crippen LogP contribution in [0, 0.1) is 26.6 Å². The van der Waals surface area contributed by atoms with Gasteiger partial charge in [-0.05, 0) is 67.3 Å². The summed E-state index contributed by atoms with van der Waals surface area (Å²) in [6.07, 6.45) is 0.383. The largest absolute Gasteiger partial charge is 0.350 e. The number of benzene rings is 3. The molecule has 2 amide bonds. The zero-order valence-electron chi connectivity index (χ0n) is 22.0. The normalized spacial score (nSPS) is 11.7. The Labute approximate surface area is 221 Å². The first kappa shape index (κ1) is 26.7. The minimum Gasteiger partial charge on any atom is -0.350 e. The van der Waals surface area contributed by atoms with Crippen LogP contribution < -0.4 is 10.2 Å². The number of halogens is 1. The third-order valence-corrected chi connectivity index (χ3v) is 6.31. The van der Waals surface area contributed by atoms with Crippen molar-refractivity contribution in [2.45, 2.75) is 53.2 Å². The molecule has 0 aliphatic carbocycles. The molecule has 0 radical (unpaired) electrons. The molecule has 1 aromatic heterocycles. The standard InChI is InChI=1S/C29H31FN6O2/c1-5-25(29(38)31-17-22-10-14-24(30)15-11-22)36(26-16-20(3)6-9-21(26)4)27(37)18-35-33-28(32-34-35)23-12-7-19(2)8-13-23/h6-16,25H,5,17-18H2,1-4H3,(H,31,38)/t25-/m1/s1. The minimum absolute atomic E-state index is 0.187. The maximum atomic E-state index is 13.8. The van der Waals surface area contributed by atoms with E-state index in [-0.39, 0.29) is 30.7 Å². The van der Waals surface area contributed by atoms with Gasteiger partial charge in [0, 0.05) is 17.8 Å². The summed E-state index contributed by atoms with van der Waals surface area (Å²) in [5, 5.41) is 15.5. The molecule has 0 spiro atoms. The Bertz CT molecular complexity index is 1420. The fraction of sp³-hybridized carbons (Fsp3) is 0.276. The molecular formula is C29H31FN6O2. The highest BCUT2D eigenvalue weighted by Gasteiger charge is 2.31. The summed E-state index contributed by atoms with van der Waals surface area (Å²) in [4.78, 5) is 29.9. The van der Waals surface area contributed by atoms with E-state index in [0.29, 0.717) is 17.9 Å². The van der Waals surface area contributed by atoms with Crippen LogP contribution in [0.1, 0.15) is 35.6 Å². The Balaban J connectivity index is 1.59. The molecule has 1 N–H and O–H groups in total. The molecular weight excluding hydrogens is 483 g/mol. The molecule has 8 nitrogen and oxygen atoms in total. The first-order valence-corrected chi connectivity index (χ1v) is 12.5. The van der Waals surface area contributed by atoms with E-state index < -0.39 is 6.04 Å². The Morgan fingerprint density at radius 3 is 2.34 bits per heavy atom. The fourth-order valence-electron chi connectivity index (χ4n) is 4.18. The van der Waals surface area contributed by atoms with Gasteiger partial charge in [-0.25, -0.2) is 4.39 Å². The van der Waals surface area contributed by atoms with Crippen molar-refractivity contribution in [2.24, 2.45) is 0 Å². The van der Waals surface area contributed by atoms with E-state index in [1.807, 2.05) is 70.2 Å². The van der Waals surface area contributed by atoms with Crippen molar-refractivity contribution in [2.75, 3.05) is 4.90 Å². The van der Waals surface area contributed by atoms with E-state index in [2.05, 4.69) is 20.7 Å². The van der Waals surface area contributed by atoms with Crippen molar-refractivity contribution in [3.63, 3.8) is 0 Å². The van der Waals surface area contributed by atoms with Gasteiger partial charge in [-0.15, -0.1) is 10.2 Å². The molecule has 3 aromatic carbocycles. The van der Waals surface area contributed by atoms with E-state index in [9.17, 15) is 14.0 Å². The lowest BCUT2D eigenvalue weighted by Gasteiger charge is -2.31. The van der Waals surface area contributed by atoms with Gasteiger partial charge >= 0.3 is 0 Å². The third kappa shape index (κ3) is 6.29. The highest BCUT2D eigenvalue weighted by molar-refractivity contribution is 6.01. The lowest BCUT2D eigenvalue weighted by molar-refractivity contribution is -0.127. The van der Waals surface area contributed by atoms with Crippen molar-refractivity contribution in [3.8, 4) is 11.4 Å². The van der Waals surface area contributed by atoms with Crippen LogP contribution in [0.25, 0.3) is 11.4 Å². The number of carbonyl (C=O) groups is 2. The van der Waals surface area contributed by atoms with Gasteiger partial charge in [0.15, 0.2) is 0 Å². The number of rotatable bonds is 9. The quantitative estimate of drug-likeness (QED) is 0.354. The Hall–Kier alpha value is -4.40. The second kappa shape index (κ2) is 11.8. The van der Waals surface area contributed by atoms with E-state index in [4.69, 9.17) is 0 Å². The molecule has 38 heavy (non-hydrogen) atoms. The minimum atomic E-state index is -0.775. The molecule has 0 fully saturated rings. The van der Waals surface area contributed by atoms with Crippen LogP contribution in [0.4, 0.5) is 10.1 Å². The summed E-state index contributed by atoms with van der Waals surface area (Å²) < 4.78 is 13.3. The number of amides is 2. The first-order valence-electron chi connectivity index (χ1n) is 12.5. The monoisotopic (exact) mass is 514 g/mol. The maximum Gasteiger partial charge on any atom is 0.251 e. The van der Waals surface area contributed by atoms with Gasteiger partial charge < -0.3 is 5.32 Å². The van der Waals surface area contributed by atoms with Gasteiger partial charge in [0.2, 0.25) is 11.7 Å². The fourth-order valence-corrected chi connectivity index (χ4v) is 4.18. The molecule has 4 rings (SSSR count). The number of tetrazole rings is 1. The first-order chi connectivity index (χ1) is 18.2. The second-order valence-corrected chi connectivity index (χ2v) is 9.33. The van der Waals surface area contributed by atoms with Crippen LogP contribution in [0.5, 0.6) is 0 Å². The van der Waals surface area contributed by atoms with Crippen LogP contribution in [0.3, 0.4) is 0 Å². The third-order valence-electron chi connectivity index (χ3n) is 6.31. The van der Waals surface area contributed by atoms with E-state index in [1.54, 1.807) is 12.1 Å². The topological polar surface area (TPSA) is 93.0 Å². The van der Waals surface area contributed by atoms with E-state index in [0.717, 1.165) is 27.8 Å². The van der Waals surface area contributed by atoms with Gasteiger partial charge in [-0.1, -0.05) is 61.0 Å². The molecule has 4 aromatic rings. The van der Waals surface area contributed by atoms with Gasteiger partial charge in [-0.2, -0.15) is 4.80 Å². The van der Waals surface area contributed by atoms with Crippen LogP contribution in [-0.4, -0.2) is 38.1 Å². The number of hydrogen-bond donors (Lipinski definition) is 1. The smallest absolute Gasteiger partial charge is 0.251 e. The SMILES string of the molecule is CC[C@H](C(=O)NCc1ccc(F)cc1)N(C(=O)Cn1nnc(-c2ccc(C)cc2)n1)c1cc(C)ccc1C. The van der Waals surface area contributed by atoms with Crippen molar-refractivity contribution in [3.05, 3.63) is 94.8 Å². The number of nitrogens with one attached hydrogen (secondary N) is 1. The maximum absolute atomic E-state index is 13.8. The number of anilines is 1. The summed E-state index contributed by atoms with van der Waals surface area (Å²) in [6, 6.07) is 18.7. The summed E-state index contributed by atoms with van der Waals surface area (Å²) >= 11 is 0. The number of aromatic nitrogens is 4. The van der Waals surface area contributed by atoms with Crippen LogP contribution in [-0.2, 0) is 22.7 Å². The number of nitrogens with zero attached hydrogens (tertiary/aromatic N) is 5. The Morgan fingerprint density at radius 1 is 0.974 bits per heavy atom. The van der Waals surface area contributed by atoms with E-state index in [1.165, 1.54) is 21.8 Å². The molecule has 0 aliphatic rings. The van der Waals surface area contributed by atoms with E-state index >= 15 is 0 Å².